The molecule has 3 aromatic carbocycles. The maximum absolute atomic E-state index is 13.3. The van der Waals surface area contributed by atoms with E-state index in [1.165, 1.54) is 12.0 Å². The normalized spacial score (nSPS) is 17.6. The maximum Gasteiger partial charge on any atom is 0.300 e. The molecule has 0 radical (unpaired) electrons. The first-order chi connectivity index (χ1) is 15.3. The van der Waals surface area contributed by atoms with Crippen LogP contribution in [0.1, 0.15) is 28.3 Å². The first kappa shape index (κ1) is 21.7. The summed E-state index contributed by atoms with van der Waals surface area (Å²) in [7, 11) is 1.53. The van der Waals surface area contributed by atoms with E-state index in [-0.39, 0.29) is 11.3 Å². The highest BCUT2D eigenvalue weighted by molar-refractivity contribution is 6.51. The molecule has 1 heterocycles. The number of hydrogen-bond donors (Lipinski definition) is 1. The van der Waals surface area contributed by atoms with Gasteiger partial charge in [0.1, 0.15) is 11.5 Å². The molecule has 4 rings (SSSR count). The number of hydrogen-bond acceptors (Lipinski definition) is 4. The van der Waals surface area contributed by atoms with E-state index in [9.17, 15) is 14.7 Å². The average molecular weight is 448 g/mol. The summed E-state index contributed by atoms with van der Waals surface area (Å²) in [6.45, 7) is 3.85. The van der Waals surface area contributed by atoms with Gasteiger partial charge in [0, 0.05) is 21.8 Å². The van der Waals surface area contributed by atoms with Gasteiger partial charge in [0.15, 0.2) is 0 Å². The molecule has 1 amide bonds. The molecule has 1 fully saturated rings. The number of aryl methyl sites for hydroxylation is 1. The molecule has 0 aromatic heterocycles. The van der Waals surface area contributed by atoms with Gasteiger partial charge >= 0.3 is 0 Å². The van der Waals surface area contributed by atoms with Gasteiger partial charge in [0.25, 0.3) is 11.7 Å². The Morgan fingerprint density at radius 2 is 1.66 bits per heavy atom. The summed E-state index contributed by atoms with van der Waals surface area (Å²) in [4.78, 5) is 28.0. The molecule has 1 aliphatic rings. The standard InChI is InChI=1S/C26H22ClNO4/c1-15-7-6-9-20(16(15)2)28-23(19-8-4-5-10-21(19)32-3)22(25(30)26(28)31)24(29)17-11-13-18(27)14-12-17/h4-14,23,29H,1-3H3/b24-22+. The smallest absolute Gasteiger partial charge is 0.300 e. The second-order valence-electron chi connectivity index (χ2n) is 7.64. The van der Waals surface area contributed by atoms with E-state index >= 15 is 0 Å². The van der Waals surface area contributed by atoms with Gasteiger partial charge in [0.05, 0.1) is 18.7 Å². The zero-order chi connectivity index (χ0) is 23.0. The summed E-state index contributed by atoms with van der Waals surface area (Å²) < 4.78 is 5.54. The van der Waals surface area contributed by atoms with Crippen LogP contribution < -0.4 is 9.64 Å². The number of halogens is 1. The number of benzene rings is 3. The fourth-order valence-electron chi connectivity index (χ4n) is 4.03. The van der Waals surface area contributed by atoms with Crippen LogP contribution >= 0.6 is 11.6 Å². The number of carbonyl (C=O) groups is 2. The predicted molar refractivity (Wildman–Crippen MR) is 125 cm³/mol. The van der Waals surface area contributed by atoms with Crippen LogP contribution in [0.4, 0.5) is 5.69 Å². The molecular weight excluding hydrogens is 426 g/mol. The number of rotatable bonds is 4. The van der Waals surface area contributed by atoms with Crippen LogP contribution in [0, 0.1) is 13.8 Å². The summed E-state index contributed by atoms with van der Waals surface area (Å²) in [5, 5.41) is 11.7. The number of ketones is 1. The van der Waals surface area contributed by atoms with Gasteiger partial charge in [-0.05, 0) is 61.4 Å². The third-order valence-corrected chi connectivity index (χ3v) is 6.08. The number of aliphatic hydroxyl groups is 1. The molecule has 1 N–H and O–H groups in total. The average Bonchev–Trinajstić information content (AvgIpc) is 3.06. The van der Waals surface area contributed by atoms with E-state index in [0.717, 1.165) is 11.1 Å². The van der Waals surface area contributed by atoms with Gasteiger partial charge in [-0.3, -0.25) is 14.5 Å². The number of amides is 1. The minimum atomic E-state index is -0.859. The maximum atomic E-state index is 13.3. The van der Waals surface area contributed by atoms with Crippen LogP contribution in [0.15, 0.2) is 72.3 Å². The summed E-state index contributed by atoms with van der Waals surface area (Å²) in [5.74, 6) is -1.21. The van der Waals surface area contributed by atoms with Gasteiger partial charge in [-0.2, -0.15) is 0 Å². The molecule has 1 saturated heterocycles. The molecule has 32 heavy (non-hydrogen) atoms. The predicted octanol–water partition coefficient (Wildman–Crippen LogP) is 5.59. The van der Waals surface area contributed by atoms with Crippen molar-refractivity contribution in [1.29, 1.82) is 0 Å². The van der Waals surface area contributed by atoms with E-state index in [2.05, 4.69) is 0 Å². The molecule has 162 valence electrons. The summed E-state index contributed by atoms with van der Waals surface area (Å²) in [6.07, 6.45) is 0. The molecule has 0 saturated carbocycles. The van der Waals surface area contributed by atoms with Crippen molar-refractivity contribution in [2.24, 2.45) is 0 Å². The molecule has 6 heteroatoms. The summed E-state index contributed by atoms with van der Waals surface area (Å²) >= 11 is 5.98. The zero-order valence-corrected chi connectivity index (χ0v) is 18.7. The Kier molecular flexibility index (Phi) is 5.76. The summed E-state index contributed by atoms with van der Waals surface area (Å²) in [5.41, 5.74) is 3.47. The Labute approximate surface area is 191 Å². The number of Topliss-reactive ketones (excluding diaryl/α,β-unsaturated/α-hetero) is 1. The van der Waals surface area contributed by atoms with Crippen molar-refractivity contribution < 1.29 is 19.4 Å². The Morgan fingerprint density at radius 3 is 2.34 bits per heavy atom. The molecule has 0 bridgehead atoms. The third-order valence-electron chi connectivity index (χ3n) is 5.83. The van der Waals surface area contributed by atoms with Crippen LogP contribution in [0.3, 0.4) is 0 Å². The van der Waals surface area contributed by atoms with Gasteiger partial charge in [-0.15, -0.1) is 0 Å². The third kappa shape index (κ3) is 3.55. The van der Waals surface area contributed by atoms with Crippen molar-refractivity contribution in [2.45, 2.75) is 19.9 Å². The number of ether oxygens (including phenoxy) is 1. The second kappa shape index (κ2) is 8.52. The molecule has 1 atom stereocenters. The van der Waals surface area contributed by atoms with Crippen molar-refractivity contribution in [3.8, 4) is 5.75 Å². The lowest BCUT2D eigenvalue weighted by atomic mass is 9.94. The minimum Gasteiger partial charge on any atom is -0.507 e. The van der Waals surface area contributed by atoms with Crippen LogP contribution in [-0.4, -0.2) is 23.9 Å². The topological polar surface area (TPSA) is 66.8 Å². The van der Waals surface area contributed by atoms with Crippen LogP contribution in [-0.2, 0) is 9.59 Å². The Bertz CT molecular complexity index is 1250. The van der Waals surface area contributed by atoms with E-state index in [4.69, 9.17) is 16.3 Å². The van der Waals surface area contributed by atoms with Gasteiger partial charge in [0.2, 0.25) is 0 Å². The molecule has 0 aliphatic carbocycles. The van der Waals surface area contributed by atoms with E-state index < -0.39 is 17.7 Å². The van der Waals surface area contributed by atoms with Crippen LogP contribution in [0.2, 0.25) is 5.02 Å². The highest BCUT2D eigenvalue weighted by Gasteiger charge is 2.48. The number of methoxy groups -OCH3 is 1. The molecular formula is C26H22ClNO4. The van der Waals surface area contributed by atoms with Gasteiger partial charge < -0.3 is 9.84 Å². The minimum absolute atomic E-state index is 0.00253. The van der Waals surface area contributed by atoms with Crippen molar-refractivity contribution in [3.63, 3.8) is 0 Å². The monoisotopic (exact) mass is 447 g/mol. The molecule has 1 aliphatic heterocycles. The highest BCUT2D eigenvalue weighted by atomic mass is 35.5. The van der Waals surface area contributed by atoms with Crippen molar-refractivity contribution in [1.82, 2.24) is 0 Å². The lowest BCUT2D eigenvalue weighted by molar-refractivity contribution is -0.132. The number of carbonyl (C=O) groups excluding carboxylic acids is 2. The Hall–Kier alpha value is -3.57. The van der Waals surface area contributed by atoms with E-state index in [1.807, 2.05) is 38.1 Å². The van der Waals surface area contributed by atoms with Crippen molar-refractivity contribution in [2.75, 3.05) is 12.0 Å². The van der Waals surface area contributed by atoms with Gasteiger partial charge in [-0.1, -0.05) is 41.9 Å². The summed E-state index contributed by atoms with van der Waals surface area (Å²) in [6, 6.07) is 18.4. The van der Waals surface area contributed by atoms with Crippen molar-refractivity contribution >= 4 is 34.7 Å². The molecule has 1 unspecified atom stereocenters. The van der Waals surface area contributed by atoms with E-state index in [1.54, 1.807) is 42.5 Å². The lowest BCUT2D eigenvalue weighted by Gasteiger charge is -2.28. The molecule has 3 aromatic rings. The van der Waals surface area contributed by atoms with Crippen LogP contribution in [0.25, 0.3) is 5.76 Å². The fraction of sp³-hybridized carbons (Fsp3) is 0.154. The quantitative estimate of drug-likeness (QED) is 0.321. The SMILES string of the molecule is COc1ccccc1C1/C(=C(\O)c2ccc(Cl)cc2)C(=O)C(=O)N1c1cccc(C)c1C. The second-order valence-corrected chi connectivity index (χ2v) is 8.07. The fourth-order valence-corrected chi connectivity index (χ4v) is 4.15. The number of nitrogens with zero attached hydrogens (tertiary/aromatic N) is 1. The number of anilines is 1. The van der Waals surface area contributed by atoms with E-state index in [0.29, 0.717) is 27.6 Å². The Balaban J connectivity index is 2.02. The first-order valence-corrected chi connectivity index (χ1v) is 10.5. The Morgan fingerprint density at radius 1 is 0.969 bits per heavy atom. The zero-order valence-electron chi connectivity index (χ0n) is 17.9. The number of aliphatic hydroxyl groups excluding tert-OH is 1. The van der Waals surface area contributed by atoms with Crippen LogP contribution in [0.5, 0.6) is 5.75 Å². The lowest BCUT2D eigenvalue weighted by Crippen LogP contribution is -2.30. The largest absolute Gasteiger partial charge is 0.507 e. The molecule has 5 nitrogen and oxygen atoms in total. The van der Waals surface area contributed by atoms with Crippen molar-refractivity contribution in [3.05, 3.63) is 99.6 Å². The van der Waals surface area contributed by atoms with Gasteiger partial charge in [-0.25, -0.2) is 0 Å². The highest BCUT2D eigenvalue weighted by Crippen LogP contribution is 2.45. The molecule has 0 spiro atoms. The number of para-hydroxylation sites is 1. The first-order valence-electron chi connectivity index (χ1n) is 10.1.